The van der Waals surface area contributed by atoms with Gasteiger partial charge in [-0.1, -0.05) is 51.0 Å². The molecule has 1 aromatic rings. The minimum absolute atomic E-state index is 0.515. The Balaban J connectivity index is 1.46. The highest BCUT2D eigenvalue weighted by Crippen LogP contribution is 2.26. The summed E-state index contributed by atoms with van der Waals surface area (Å²) >= 11 is 0. The van der Waals surface area contributed by atoms with E-state index in [2.05, 4.69) is 63.5 Å². The molecular formula is C23H39N5. The van der Waals surface area contributed by atoms with Crippen molar-refractivity contribution in [2.45, 2.75) is 71.1 Å². The van der Waals surface area contributed by atoms with Crippen molar-refractivity contribution in [1.82, 2.24) is 20.4 Å². The van der Waals surface area contributed by atoms with Gasteiger partial charge in [0.2, 0.25) is 0 Å². The van der Waals surface area contributed by atoms with Crippen LogP contribution in [-0.4, -0.2) is 61.1 Å². The number of nitrogens with one attached hydrogen (secondary N) is 2. The number of aliphatic imine (C=N–C) groups is 1. The first-order valence-corrected chi connectivity index (χ1v) is 11.2. The zero-order valence-electron chi connectivity index (χ0n) is 18.1. The third kappa shape index (κ3) is 5.95. The van der Waals surface area contributed by atoms with Crippen LogP contribution in [0.4, 0.5) is 0 Å². The zero-order valence-corrected chi connectivity index (χ0v) is 18.1. The van der Waals surface area contributed by atoms with Gasteiger partial charge in [-0.2, -0.15) is 0 Å². The van der Waals surface area contributed by atoms with Gasteiger partial charge in [-0.15, -0.1) is 0 Å². The molecule has 0 amide bonds. The van der Waals surface area contributed by atoms with Gasteiger partial charge >= 0.3 is 0 Å². The normalized spacial score (nSPS) is 21.6. The molecule has 0 radical (unpaired) electrons. The van der Waals surface area contributed by atoms with Crippen molar-refractivity contribution in [1.29, 1.82) is 0 Å². The molecule has 0 spiro atoms. The second-order valence-corrected chi connectivity index (χ2v) is 8.27. The van der Waals surface area contributed by atoms with Crippen LogP contribution >= 0.6 is 0 Å². The van der Waals surface area contributed by atoms with E-state index in [4.69, 9.17) is 0 Å². The summed E-state index contributed by atoms with van der Waals surface area (Å²) in [5.41, 5.74) is 2.69. The Morgan fingerprint density at radius 2 is 1.89 bits per heavy atom. The van der Waals surface area contributed by atoms with Crippen molar-refractivity contribution < 1.29 is 0 Å². The fourth-order valence-electron chi connectivity index (χ4n) is 4.62. The van der Waals surface area contributed by atoms with Crippen LogP contribution in [0.3, 0.4) is 0 Å². The van der Waals surface area contributed by atoms with Crippen LogP contribution in [-0.2, 0) is 13.1 Å². The number of benzene rings is 1. The highest BCUT2D eigenvalue weighted by Gasteiger charge is 2.30. The van der Waals surface area contributed by atoms with E-state index in [1.165, 1.54) is 49.8 Å². The van der Waals surface area contributed by atoms with Crippen molar-refractivity contribution >= 4 is 5.96 Å². The minimum atomic E-state index is 0.515. The summed E-state index contributed by atoms with van der Waals surface area (Å²) in [5, 5.41) is 7.16. The molecule has 0 aromatic heterocycles. The predicted octanol–water partition coefficient (Wildman–Crippen LogP) is 3.21. The molecule has 28 heavy (non-hydrogen) atoms. The van der Waals surface area contributed by atoms with Gasteiger partial charge in [0.25, 0.3) is 0 Å². The van der Waals surface area contributed by atoms with Crippen molar-refractivity contribution in [3.63, 3.8) is 0 Å². The van der Waals surface area contributed by atoms with Crippen LogP contribution in [0.5, 0.6) is 0 Å². The monoisotopic (exact) mass is 385 g/mol. The van der Waals surface area contributed by atoms with E-state index in [-0.39, 0.29) is 0 Å². The molecule has 1 aliphatic carbocycles. The largest absolute Gasteiger partial charge is 0.352 e. The van der Waals surface area contributed by atoms with Crippen LogP contribution in [0.2, 0.25) is 0 Å². The third-order valence-corrected chi connectivity index (χ3v) is 6.38. The van der Waals surface area contributed by atoms with E-state index < -0.39 is 0 Å². The maximum absolute atomic E-state index is 4.45. The number of hydrogen-bond donors (Lipinski definition) is 2. The fourth-order valence-corrected chi connectivity index (χ4v) is 4.62. The summed E-state index contributed by atoms with van der Waals surface area (Å²) in [6, 6.07) is 10.3. The molecule has 1 heterocycles. The summed E-state index contributed by atoms with van der Waals surface area (Å²) < 4.78 is 0. The standard InChI is InChI=1S/C23H39N5/c1-4-27(5-2)17-20-10-8-9-19(15-20)16-25-23(24-3)26-21-13-14-28(18-21)22-11-6-7-12-22/h8-10,15,21-22H,4-7,11-14,16-18H2,1-3H3,(H2,24,25,26). The van der Waals surface area contributed by atoms with E-state index >= 15 is 0 Å². The summed E-state index contributed by atoms with van der Waals surface area (Å²) in [5.74, 6) is 0.924. The second kappa shape index (κ2) is 10.8. The molecule has 2 aliphatic rings. The van der Waals surface area contributed by atoms with Gasteiger partial charge in [-0.05, 0) is 43.5 Å². The average Bonchev–Trinajstić information content (AvgIpc) is 3.41. The van der Waals surface area contributed by atoms with Crippen molar-refractivity contribution in [3.8, 4) is 0 Å². The van der Waals surface area contributed by atoms with Crippen LogP contribution in [0.25, 0.3) is 0 Å². The molecule has 5 nitrogen and oxygen atoms in total. The Hall–Kier alpha value is -1.59. The van der Waals surface area contributed by atoms with Gasteiger partial charge in [0.15, 0.2) is 5.96 Å². The van der Waals surface area contributed by atoms with Crippen LogP contribution < -0.4 is 10.6 Å². The summed E-state index contributed by atoms with van der Waals surface area (Å²) in [4.78, 5) is 9.59. The summed E-state index contributed by atoms with van der Waals surface area (Å²) in [6.45, 7) is 10.8. The lowest BCUT2D eigenvalue weighted by molar-refractivity contribution is 0.242. The smallest absolute Gasteiger partial charge is 0.191 e. The molecule has 5 heteroatoms. The van der Waals surface area contributed by atoms with E-state index in [1.54, 1.807) is 0 Å². The minimum Gasteiger partial charge on any atom is -0.352 e. The summed E-state index contributed by atoms with van der Waals surface area (Å²) in [6.07, 6.45) is 6.83. The third-order valence-electron chi connectivity index (χ3n) is 6.38. The zero-order chi connectivity index (χ0) is 19.8. The molecule has 1 saturated carbocycles. The van der Waals surface area contributed by atoms with Crippen molar-refractivity contribution in [3.05, 3.63) is 35.4 Å². The number of rotatable bonds is 8. The molecule has 1 unspecified atom stereocenters. The number of likely N-dealkylation sites (tertiary alicyclic amines) is 1. The summed E-state index contributed by atoms with van der Waals surface area (Å²) in [7, 11) is 1.87. The van der Waals surface area contributed by atoms with E-state index in [0.29, 0.717) is 6.04 Å². The Kier molecular flexibility index (Phi) is 8.16. The highest BCUT2D eigenvalue weighted by atomic mass is 15.3. The molecule has 1 atom stereocenters. The Bertz CT molecular complexity index is 619. The molecule has 1 aliphatic heterocycles. The van der Waals surface area contributed by atoms with Gasteiger partial charge < -0.3 is 10.6 Å². The fraction of sp³-hybridized carbons (Fsp3) is 0.696. The van der Waals surface area contributed by atoms with Gasteiger partial charge in [-0.3, -0.25) is 14.8 Å². The molecule has 1 saturated heterocycles. The van der Waals surface area contributed by atoms with Crippen LogP contribution in [0, 0.1) is 0 Å². The average molecular weight is 386 g/mol. The highest BCUT2D eigenvalue weighted by molar-refractivity contribution is 5.80. The molecule has 2 fully saturated rings. The van der Waals surface area contributed by atoms with Gasteiger partial charge in [0, 0.05) is 45.3 Å². The first kappa shape index (κ1) is 21.1. The SMILES string of the molecule is CCN(CC)Cc1cccc(CNC(=NC)NC2CCN(C3CCCC3)C2)c1. The lowest BCUT2D eigenvalue weighted by Crippen LogP contribution is -2.45. The molecule has 156 valence electrons. The molecule has 3 rings (SSSR count). The van der Waals surface area contributed by atoms with Gasteiger partial charge in [-0.25, -0.2) is 0 Å². The quantitative estimate of drug-likeness (QED) is 0.533. The predicted molar refractivity (Wildman–Crippen MR) is 119 cm³/mol. The lowest BCUT2D eigenvalue weighted by atomic mass is 10.1. The first-order chi connectivity index (χ1) is 13.7. The van der Waals surface area contributed by atoms with Gasteiger partial charge in [0.05, 0.1) is 0 Å². The topological polar surface area (TPSA) is 42.9 Å². The number of nitrogens with zero attached hydrogens (tertiary/aromatic N) is 3. The second-order valence-electron chi connectivity index (χ2n) is 8.27. The van der Waals surface area contributed by atoms with E-state index in [1.807, 2.05) is 7.05 Å². The van der Waals surface area contributed by atoms with Gasteiger partial charge in [0.1, 0.15) is 0 Å². The van der Waals surface area contributed by atoms with Crippen LogP contribution in [0.15, 0.2) is 29.3 Å². The Labute approximate surface area is 171 Å². The number of guanidine groups is 1. The van der Waals surface area contributed by atoms with E-state index in [0.717, 1.165) is 44.7 Å². The molecular weight excluding hydrogens is 346 g/mol. The molecule has 2 N–H and O–H groups in total. The first-order valence-electron chi connectivity index (χ1n) is 11.2. The maximum Gasteiger partial charge on any atom is 0.191 e. The number of hydrogen-bond acceptors (Lipinski definition) is 3. The molecule has 1 aromatic carbocycles. The van der Waals surface area contributed by atoms with Crippen LogP contribution in [0.1, 0.15) is 57.1 Å². The Morgan fingerprint density at radius 1 is 1.14 bits per heavy atom. The van der Waals surface area contributed by atoms with E-state index in [9.17, 15) is 0 Å². The van der Waals surface area contributed by atoms with Crippen molar-refractivity contribution in [2.75, 3.05) is 33.2 Å². The Morgan fingerprint density at radius 3 is 2.61 bits per heavy atom. The lowest BCUT2D eigenvalue weighted by Gasteiger charge is -2.24. The van der Waals surface area contributed by atoms with Crippen molar-refractivity contribution in [2.24, 2.45) is 4.99 Å². The molecule has 0 bridgehead atoms. The maximum atomic E-state index is 4.45.